The molecule has 0 radical (unpaired) electrons. The van der Waals surface area contributed by atoms with Gasteiger partial charge in [0.1, 0.15) is 11.3 Å². The Labute approximate surface area is 141 Å². The molecule has 2 unspecified atom stereocenters. The van der Waals surface area contributed by atoms with Crippen LogP contribution in [0.15, 0.2) is 34.7 Å². The van der Waals surface area contributed by atoms with Crippen molar-refractivity contribution in [3.8, 4) is 0 Å². The van der Waals surface area contributed by atoms with Crippen molar-refractivity contribution in [3.05, 3.63) is 36.1 Å². The van der Waals surface area contributed by atoms with E-state index in [9.17, 15) is 13.2 Å². The summed E-state index contributed by atoms with van der Waals surface area (Å²) in [4.78, 5) is 14.0. The van der Waals surface area contributed by atoms with Gasteiger partial charge in [0.15, 0.2) is 9.84 Å². The van der Waals surface area contributed by atoms with Gasteiger partial charge in [-0.2, -0.15) is 0 Å². The van der Waals surface area contributed by atoms with E-state index in [1.165, 1.54) is 0 Å². The van der Waals surface area contributed by atoms with E-state index in [4.69, 9.17) is 4.42 Å². The van der Waals surface area contributed by atoms with Gasteiger partial charge in [-0.15, -0.1) is 0 Å². The highest BCUT2D eigenvalue weighted by atomic mass is 32.2. The number of furan rings is 1. The predicted molar refractivity (Wildman–Crippen MR) is 92.5 cm³/mol. The van der Waals surface area contributed by atoms with Gasteiger partial charge in [-0.25, -0.2) is 8.42 Å². The third kappa shape index (κ3) is 3.79. The maximum atomic E-state index is 12.2. The molecule has 0 saturated carbocycles. The second-order valence-corrected chi connectivity index (χ2v) is 8.68. The quantitative estimate of drug-likeness (QED) is 0.888. The van der Waals surface area contributed by atoms with Gasteiger partial charge in [0.25, 0.3) is 0 Å². The van der Waals surface area contributed by atoms with E-state index in [1.807, 2.05) is 42.2 Å². The number of likely N-dealkylation sites (N-methyl/N-ethyl adjacent to an activating group) is 1. The Morgan fingerprint density at radius 1 is 1.42 bits per heavy atom. The van der Waals surface area contributed by atoms with E-state index in [1.54, 1.807) is 7.05 Å². The van der Waals surface area contributed by atoms with Crippen molar-refractivity contribution in [1.29, 1.82) is 0 Å². The summed E-state index contributed by atoms with van der Waals surface area (Å²) in [5, 5.41) is 3.91. The lowest BCUT2D eigenvalue weighted by atomic mass is 10.2. The van der Waals surface area contributed by atoms with Crippen LogP contribution in [0.3, 0.4) is 0 Å². The fraction of sp³-hybridized carbons (Fsp3) is 0.471. The summed E-state index contributed by atoms with van der Waals surface area (Å²) in [5.41, 5.74) is 0.793. The fourth-order valence-electron chi connectivity index (χ4n) is 3.05. The highest BCUT2D eigenvalue weighted by Gasteiger charge is 2.31. The first-order chi connectivity index (χ1) is 11.3. The molecule has 1 aliphatic heterocycles. The van der Waals surface area contributed by atoms with Gasteiger partial charge in [0, 0.05) is 11.4 Å². The third-order valence-corrected chi connectivity index (χ3v) is 6.22. The average molecular weight is 350 g/mol. The van der Waals surface area contributed by atoms with E-state index < -0.39 is 9.84 Å². The van der Waals surface area contributed by atoms with Crippen LogP contribution in [-0.4, -0.2) is 50.4 Å². The Kier molecular flexibility index (Phi) is 4.64. The van der Waals surface area contributed by atoms with Crippen LogP contribution < -0.4 is 5.32 Å². The zero-order valence-electron chi connectivity index (χ0n) is 13.9. The second-order valence-electron chi connectivity index (χ2n) is 6.45. The molecule has 2 aromatic rings. The van der Waals surface area contributed by atoms with Crippen molar-refractivity contribution in [2.24, 2.45) is 0 Å². The molecule has 1 fully saturated rings. The molecular weight excluding hydrogens is 328 g/mol. The van der Waals surface area contributed by atoms with Gasteiger partial charge in [-0.05, 0) is 32.5 Å². The molecule has 1 aromatic heterocycles. The van der Waals surface area contributed by atoms with E-state index in [2.05, 4.69) is 5.32 Å². The summed E-state index contributed by atoms with van der Waals surface area (Å²) in [6, 6.07) is 9.30. The first-order valence-electron chi connectivity index (χ1n) is 8.02. The zero-order valence-corrected chi connectivity index (χ0v) is 14.7. The predicted octanol–water partition coefficient (Wildman–Crippen LogP) is 1.73. The summed E-state index contributed by atoms with van der Waals surface area (Å²) in [6.07, 6.45) is 0.589. The van der Waals surface area contributed by atoms with E-state index in [-0.39, 0.29) is 36.0 Å². The van der Waals surface area contributed by atoms with E-state index in [0.717, 1.165) is 11.0 Å². The largest absolute Gasteiger partial charge is 0.459 e. The van der Waals surface area contributed by atoms with Crippen molar-refractivity contribution < 1.29 is 17.6 Å². The van der Waals surface area contributed by atoms with Crippen molar-refractivity contribution in [3.63, 3.8) is 0 Å². The number of nitrogens with one attached hydrogen (secondary N) is 1. The van der Waals surface area contributed by atoms with Gasteiger partial charge in [-0.3, -0.25) is 9.69 Å². The van der Waals surface area contributed by atoms with Crippen LogP contribution in [0, 0.1) is 0 Å². The summed E-state index contributed by atoms with van der Waals surface area (Å²) >= 11 is 0. The topological polar surface area (TPSA) is 79.6 Å². The van der Waals surface area contributed by atoms with Gasteiger partial charge in [0.05, 0.1) is 24.1 Å². The molecule has 0 aliphatic carbocycles. The molecule has 2 atom stereocenters. The fourth-order valence-corrected chi connectivity index (χ4v) is 4.86. The number of rotatable bonds is 5. The lowest BCUT2D eigenvalue weighted by Gasteiger charge is -2.23. The summed E-state index contributed by atoms with van der Waals surface area (Å²) in [7, 11) is -1.16. The number of fused-ring (bicyclic) bond motifs is 1. The minimum Gasteiger partial charge on any atom is -0.459 e. The Bertz CT molecular complexity index is 810. The van der Waals surface area contributed by atoms with Crippen molar-refractivity contribution >= 4 is 26.7 Å². The van der Waals surface area contributed by atoms with Crippen molar-refractivity contribution in [1.82, 2.24) is 10.2 Å². The standard InChI is InChI=1S/C17H22N2O4S/c1-12(16-9-13-5-3-4-6-15(13)23-16)18-17(20)10-19(2)14-7-8-24(21,22)11-14/h3-6,9,12,14H,7-8,10-11H2,1-2H3,(H,18,20). The molecule has 1 aromatic carbocycles. The molecule has 2 heterocycles. The van der Waals surface area contributed by atoms with Gasteiger partial charge in [0.2, 0.25) is 5.91 Å². The van der Waals surface area contributed by atoms with E-state index in [0.29, 0.717) is 12.2 Å². The number of carbonyl (C=O) groups is 1. The molecule has 1 aliphatic rings. The van der Waals surface area contributed by atoms with Crippen LogP contribution in [0.25, 0.3) is 11.0 Å². The smallest absolute Gasteiger partial charge is 0.234 e. The average Bonchev–Trinajstić information content (AvgIpc) is 3.10. The molecule has 24 heavy (non-hydrogen) atoms. The van der Waals surface area contributed by atoms with Crippen LogP contribution >= 0.6 is 0 Å². The number of benzene rings is 1. The Morgan fingerprint density at radius 2 is 2.17 bits per heavy atom. The molecule has 1 saturated heterocycles. The van der Waals surface area contributed by atoms with E-state index >= 15 is 0 Å². The van der Waals surface area contributed by atoms with Gasteiger partial charge < -0.3 is 9.73 Å². The SMILES string of the molecule is CC(NC(=O)CN(C)C1CCS(=O)(=O)C1)c1cc2ccccc2o1. The summed E-state index contributed by atoms with van der Waals surface area (Å²) in [5.74, 6) is 0.903. The lowest BCUT2D eigenvalue weighted by molar-refractivity contribution is -0.123. The second kappa shape index (κ2) is 6.57. The van der Waals surface area contributed by atoms with Crippen molar-refractivity contribution in [2.75, 3.05) is 25.1 Å². The van der Waals surface area contributed by atoms with Crippen LogP contribution in [-0.2, 0) is 14.6 Å². The Hall–Kier alpha value is -1.86. The Balaban J connectivity index is 1.58. The Morgan fingerprint density at radius 3 is 2.83 bits per heavy atom. The monoisotopic (exact) mass is 350 g/mol. The molecule has 1 N–H and O–H groups in total. The molecule has 3 rings (SSSR count). The minimum atomic E-state index is -2.95. The molecule has 7 heteroatoms. The molecular formula is C17H22N2O4S. The van der Waals surface area contributed by atoms with Crippen LogP contribution in [0.1, 0.15) is 25.1 Å². The molecule has 6 nitrogen and oxygen atoms in total. The number of carbonyl (C=O) groups excluding carboxylic acids is 1. The molecule has 0 bridgehead atoms. The number of sulfone groups is 1. The molecule has 130 valence electrons. The maximum absolute atomic E-state index is 12.2. The summed E-state index contributed by atoms with van der Waals surface area (Å²) in [6.45, 7) is 2.04. The summed E-state index contributed by atoms with van der Waals surface area (Å²) < 4.78 is 28.8. The highest BCUT2D eigenvalue weighted by Crippen LogP contribution is 2.23. The normalized spacial score (nSPS) is 21.2. The molecule has 0 spiro atoms. The molecule has 1 amide bonds. The van der Waals surface area contributed by atoms with Crippen LogP contribution in [0.4, 0.5) is 0 Å². The number of nitrogens with zero attached hydrogens (tertiary/aromatic N) is 1. The maximum Gasteiger partial charge on any atom is 0.234 e. The number of para-hydroxylation sites is 1. The first-order valence-corrected chi connectivity index (χ1v) is 9.85. The van der Waals surface area contributed by atoms with Crippen LogP contribution in [0.5, 0.6) is 0 Å². The zero-order chi connectivity index (χ0) is 17.3. The number of amides is 1. The first kappa shape index (κ1) is 17.0. The van der Waals surface area contributed by atoms with Crippen molar-refractivity contribution in [2.45, 2.75) is 25.4 Å². The van der Waals surface area contributed by atoms with Gasteiger partial charge >= 0.3 is 0 Å². The number of hydrogen-bond acceptors (Lipinski definition) is 5. The minimum absolute atomic E-state index is 0.0812. The lowest BCUT2D eigenvalue weighted by Crippen LogP contribution is -2.41. The van der Waals surface area contributed by atoms with Crippen LogP contribution in [0.2, 0.25) is 0 Å². The van der Waals surface area contributed by atoms with Gasteiger partial charge in [-0.1, -0.05) is 18.2 Å². The number of hydrogen-bond donors (Lipinski definition) is 1. The third-order valence-electron chi connectivity index (χ3n) is 4.47. The highest BCUT2D eigenvalue weighted by molar-refractivity contribution is 7.91.